The topological polar surface area (TPSA) is 76.1 Å². The summed E-state index contributed by atoms with van der Waals surface area (Å²) in [5, 5.41) is 15.4. The summed E-state index contributed by atoms with van der Waals surface area (Å²) in [4.78, 5) is 11.3. The van der Waals surface area contributed by atoms with E-state index in [-0.39, 0.29) is 6.09 Å². The van der Waals surface area contributed by atoms with Gasteiger partial charge >= 0.3 is 6.09 Å². The Morgan fingerprint density at radius 1 is 1.33 bits per heavy atom. The number of anilines is 1. The fraction of sp³-hybridized carbons (Fsp3) is 0.727. The lowest BCUT2D eigenvalue weighted by Gasteiger charge is -2.19. The Hall–Kier alpha value is -1.37. The Kier molecular flexibility index (Phi) is 5.33. The molecule has 0 aromatic carbocycles. The van der Waals surface area contributed by atoms with Crippen molar-refractivity contribution in [3.8, 4) is 0 Å². The van der Waals surface area contributed by atoms with Gasteiger partial charge in [0.1, 0.15) is 10.6 Å². The lowest BCUT2D eigenvalue weighted by Crippen LogP contribution is -2.33. The van der Waals surface area contributed by atoms with Crippen LogP contribution in [-0.4, -0.2) is 35.0 Å². The van der Waals surface area contributed by atoms with Crippen molar-refractivity contribution in [2.24, 2.45) is 0 Å². The van der Waals surface area contributed by atoms with Gasteiger partial charge in [-0.2, -0.15) is 0 Å². The first-order valence-corrected chi connectivity index (χ1v) is 6.69. The maximum Gasteiger partial charge on any atom is 0.407 e. The number of amides is 1. The van der Waals surface area contributed by atoms with Gasteiger partial charge in [-0.05, 0) is 34.1 Å². The molecule has 0 saturated heterocycles. The molecule has 0 aliphatic carbocycles. The van der Waals surface area contributed by atoms with Gasteiger partial charge in [0.25, 0.3) is 0 Å². The lowest BCUT2D eigenvalue weighted by atomic mass is 10.2. The van der Waals surface area contributed by atoms with Crippen LogP contribution < -0.4 is 10.6 Å². The molecule has 0 atom stereocenters. The first-order chi connectivity index (χ1) is 8.37. The number of ether oxygens (including phenoxy) is 1. The molecule has 0 radical (unpaired) electrons. The van der Waals surface area contributed by atoms with Gasteiger partial charge < -0.3 is 15.4 Å². The number of carbonyl (C=O) groups is 1. The minimum absolute atomic E-state index is 0.380. The zero-order chi connectivity index (χ0) is 13.6. The summed E-state index contributed by atoms with van der Waals surface area (Å²) in [5.41, 5.74) is -0.452. The van der Waals surface area contributed by atoms with E-state index in [4.69, 9.17) is 4.74 Å². The number of hydrogen-bond donors (Lipinski definition) is 2. The largest absolute Gasteiger partial charge is 0.444 e. The van der Waals surface area contributed by atoms with E-state index in [9.17, 15) is 4.79 Å². The van der Waals surface area contributed by atoms with Crippen molar-refractivity contribution in [1.29, 1.82) is 0 Å². The highest BCUT2D eigenvalue weighted by Crippen LogP contribution is 2.13. The summed E-state index contributed by atoms with van der Waals surface area (Å²) in [6.07, 6.45) is 0.423. The van der Waals surface area contributed by atoms with Crippen molar-refractivity contribution in [1.82, 2.24) is 15.5 Å². The number of aryl methyl sites for hydroxylation is 1. The molecule has 102 valence electrons. The summed E-state index contributed by atoms with van der Waals surface area (Å²) in [7, 11) is 0. The smallest absolute Gasteiger partial charge is 0.407 e. The van der Waals surface area contributed by atoms with E-state index in [1.807, 2.05) is 27.7 Å². The van der Waals surface area contributed by atoms with Crippen LogP contribution >= 0.6 is 11.3 Å². The van der Waals surface area contributed by atoms with Gasteiger partial charge in [-0.1, -0.05) is 11.3 Å². The fourth-order valence-electron chi connectivity index (χ4n) is 1.16. The number of nitrogens with zero attached hydrogens (tertiary/aromatic N) is 2. The van der Waals surface area contributed by atoms with Gasteiger partial charge in [0.15, 0.2) is 0 Å². The second-order valence-electron chi connectivity index (χ2n) is 4.84. The van der Waals surface area contributed by atoms with Crippen LogP contribution in [0.3, 0.4) is 0 Å². The van der Waals surface area contributed by atoms with Crippen molar-refractivity contribution in [2.45, 2.75) is 39.7 Å². The highest BCUT2D eigenvalue weighted by Gasteiger charge is 2.15. The molecule has 18 heavy (non-hydrogen) atoms. The van der Waals surface area contributed by atoms with Crippen molar-refractivity contribution in [3.05, 3.63) is 5.01 Å². The van der Waals surface area contributed by atoms with Crippen molar-refractivity contribution >= 4 is 22.6 Å². The van der Waals surface area contributed by atoms with Gasteiger partial charge in [-0.15, -0.1) is 10.2 Å². The summed E-state index contributed by atoms with van der Waals surface area (Å²) in [6.45, 7) is 8.74. The summed E-state index contributed by atoms with van der Waals surface area (Å²) in [5.74, 6) is 0. The third-order valence-electron chi connectivity index (χ3n) is 1.82. The molecule has 0 aliphatic rings. The van der Waals surface area contributed by atoms with Crippen LogP contribution in [0.25, 0.3) is 0 Å². The Labute approximate surface area is 111 Å². The quantitative estimate of drug-likeness (QED) is 0.803. The molecule has 2 N–H and O–H groups in total. The van der Waals surface area contributed by atoms with Gasteiger partial charge in [0.05, 0.1) is 0 Å². The van der Waals surface area contributed by atoms with Crippen LogP contribution in [0.4, 0.5) is 9.93 Å². The number of alkyl carbamates (subject to hydrolysis) is 1. The van der Waals surface area contributed by atoms with Gasteiger partial charge in [-0.3, -0.25) is 0 Å². The van der Waals surface area contributed by atoms with E-state index in [1.54, 1.807) is 0 Å². The monoisotopic (exact) mass is 272 g/mol. The average molecular weight is 272 g/mol. The van der Waals surface area contributed by atoms with E-state index in [0.29, 0.717) is 6.54 Å². The molecule has 1 heterocycles. The van der Waals surface area contributed by atoms with E-state index in [2.05, 4.69) is 20.8 Å². The SMILES string of the molecule is Cc1nnc(NCCCNC(=O)OC(C)(C)C)s1. The predicted octanol–water partition coefficient (Wildman–Crippen LogP) is 2.17. The molecule has 0 bridgehead atoms. The maximum atomic E-state index is 11.3. The second kappa shape index (κ2) is 6.53. The van der Waals surface area contributed by atoms with E-state index in [0.717, 1.165) is 23.1 Å². The Bertz CT molecular complexity index is 387. The predicted molar refractivity (Wildman–Crippen MR) is 72.0 cm³/mol. The van der Waals surface area contributed by atoms with E-state index in [1.165, 1.54) is 11.3 Å². The second-order valence-corrected chi connectivity index (χ2v) is 6.02. The Morgan fingerprint density at radius 2 is 2.06 bits per heavy atom. The maximum absolute atomic E-state index is 11.3. The summed E-state index contributed by atoms with van der Waals surface area (Å²) < 4.78 is 5.12. The first kappa shape index (κ1) is 14.7. The van der Waals surface area contributed by atoms with E-state index < -0.39 is 5.60 Å². The number of hydrogen-bond acceptors (Lipinski definition) is 6. The van der Waals surface area contributed by atoms with Crippen LogP contribution in [0.15, 0.2) is 0 Å². The van der Waals surface area contributed by atoms with Crippen molar-refractivity contribution in [2.75, 3.05) is 18.4 Å². The van der Waals surface area contributed by atoms with Crippen LogP contribution in [-0.2, 0) is 4.74 Å². The normalized spacial score (nSPS) is 11.1. The summed E-state index contributed by atoms with van der Waals surface area (Å²) in [6, 6.07) is 0. The third-order valence-corrected chi connectivity index (χ3v) is 2.62. The number of aromatic nitrogens is 2. The molecule has 1 aromatic rings. The average Bonchev–Trinajstić information content (AvgIpc) is 2.61. The van der Waals surface area contributed by atoms with Crippen LogP contribution in [0.1, 0.15) is 32.2 Å². The molecule has 1 aromatic heterocycles. The number of nitrogens with one attached hydrogen (secondary N) is 2. The van der Waals surface area contributed by atoms with Crippen molar-refractivity contribution < 1.29 is 9.53 Å². The standard InChI is InChI=1S/C11H20N4O2S/c1-8-14-15-9(18-8)12-6-5-7-13-10(16)17-11(2,3)4/h5-7H2,1-4H3,(H,12,15)(H,13,16). The number of carbonyl (C=O) groups excluding carboxylic acids is 1. The fourth-order valence-corrected chi connectivity index (χ4v) is 1.77. The highest BCUT2D eigenvalue weighted by molar-refractivity contribution is 7.15. The van der Waals surface area contributed by atoms with Crippen LogP contribution in [0.2, 0.25) is 0 Å². The van der Waals surface area contributed by atoms with Gasteiger partial charge in [0, 0.05) is 13.1 Å². The lowest BCUT2D eigenvalue weighted by molar-refractivity contribution is 0.0528. The highest BCUT2D eigenvalue weighted by atomic mass is 32.1. The zero-order valence-electron chi connectivity index (χ0n) is 11.2. The molecule has 1 rings (SSSR count). The minimum atomic E-state index is -0.452. The van der Waals surface area contributed by atoms with Crippen LogP contribution in [0.5, 0.6) is 0 Å². The zero-order valence-corrected chi connectivity index (χ0v) is 12.1. The van der Waals surface area contributed by atoms with Crippen molar-refractivity contribution in [3.63, 3.8) is 0 Å². The van der Waals surface area contributed by atoms with E-state index >= 15 is 0 Å². The minimum Gasteiger partial charge on any atom is -0.444 e. The van der Waals surface area contributed by atoms with Crippen LogP contribution in [0, 0.1) is 6.92 Å². The van der Waals surface area contributed by atoms with Gasteiger partial charge in [-0.25, -0.2) is 4.79 Å². The number of rotatable bonds is 5. The third kappa shape index (κ3) is 6.39. The molecule has 0 aliphatic heterocycles. The molecule has 1 amide bonds. The first-order valence-electron chi connectivity index (χ1n) is 5.87. The molecular formula is C11H20N4O2S. The molecule has 0 spiro atoms. The molecule has 0 unspecified atom stereocenters. The Morgan fingerprint density at radius 3 is 2.61 bits per heavy atom. The molecule has 6 nitrogen and oxygen atoms in total. The molecule has 7 heteroatoms. The van der Waals surface area contributed by atoms with Gasteiger partial charge in [0.2, 0.25) is 5.13 Å². The Balaban J connectivity index is 2.07. The summed E-state index contributed by atoms with van der Waals surface area (Å²) >= 11 is 1.51. The molecule has 0 saturated carbocycles. The molecular weight excluding hydrogens is 252 g/mol. The molecule has 0 fully saturated rings.